The molecule has 1 amide bonds. The van der Waals surface area contributed by atoms with E-state index in [9.17, 15) is 9.59 Å². The highest BCUT2D eigenvalue weighted by atomic mass is 35.5. The van der Waals surface area contributed by atoms with Gasteiger partial charge in [0.15, 0.2) is 0 Å². The minimum atomic E-state index is -0.824. The number of halogens is 3. The van der Waals surface area contributed by atoms with E-state index in [2.05, 4.69) is 4.98 Å². The zero-order valence-corrected chi connectivity index (χ0v) is 17.7. The Kier molecular flexibility index (Phi) is 5.47. The number of benzene rings is 2. The Hall–Kier alpha value is -2.21. The van der Waals surface area contributed by atoms with Gasteiger partial charge in [0, 0.05) is 33.1 Å². The van der Waals surface area contributed by atoms with Crippen molar-refractivity contribution in [3.05, 3.63) is 69.3 Å². The van der Waals surface area contributed by atoms with Gasteiger partial charge < -0.3 is 14.6 Å². The summed E-state index contributed by atoms with van der Waals surface area (Å²) in [4.78, 5) is 30.4. The molecule has 0 saturated heterocycles. The number of ether oxygens (including phenoxy) is 1. The number of aromatic nitrogens is 1. The summed E-state index contributed by atoms with van der Waals surface area (Å²) in [5.74, 6) is -1.16. The first-order valence-electron chi connectivity index (χ1n) is 8.95. The molecule has 0 spiro atoms. The molecule has 8 heteroatoms. The normalized spacial score (nSPS) is 18.6. The predicted molar refractivity (Wildman–Crippen MR) is 114 cm³/mol. The summed E-state index contributed by atoms with van der Waals surface area (Å²) < 4.78 is 5.01. The lowest BCUT2D eigenvalue weighted by Crippen LogP contribution is -2.52. The van der Waals surface area contributed by atoms with E-state index in [0.29, 0.717) is 22.0 Å². The number of esters is 1. The highest BCUT2D eigenvalue weighted by Crippen LogP contribution is 2.43. The third-order valence-electron chi connectivity index (χ3n) is 5.26. The molecule has 2 atom stereocenters. The minimum absolute atomic E-state index is 0.273. The van der Waals surface area contributed by atoms with Crippen LogP contribution >= 0.6 is 34.8 Å². The van der Waals surface area contributed by atoms with E-state index in [1.165, 1.54) is 12.0 Å². The second-order valence-corrected chi connectivity index (χ2v) is 7.92. The molecule has 2 heterocycles. The first-order chi connectivity index (χ1) is 14.0. The maximum atomic E-state index is 12.9. The van der Waals surface area contributed by atoms with Gasteiger partial charge in [0.2, 0.25) is 5.91 Å². The molecule has 0 aliphatic carbocycles. The molecule has 1 aromatic heterocycles. The zero-order chi connectivity index (χ0) is 20.7. The molecule has 1 aliphatic rings. The number of carbonyl (C=O) groups is 2. The van der Waals surface area contributed by atoms with Crippen LogP contribution in [0.4, 0.5) is 0 Å². The van der Waals surface area contributed by atoms with Gasteiger partial charge in [-0.1, -0.05) is 47.5 Å². The Morgan fingerprint density at radius 1 is 1.21 bits per heavy atom. The van der Waals surface area contributed by atoms with Crippen molar-refractivity contribution in [1.82, 2.24) is 9.88 Å². The van der Waals surface area contributed by atoms with Gasteiger partial charge in [-0.25, -0.2) is 4.79 Å². The molecular weight excluding hydrogens is 435 g/mol. The average Bonchev–Trinajstić information content (AvgIpc) is 3.10. The van der Waals surface area contributed by atoms with Gasteiger partial charge in [-0.05, 0) is 29.3 Å². The van der Waals surface area contributed by atoms with E-state index in [4.69, 9.17) is 39.5 Å². The molecule has 29 heavy (non-hydrogen) atoms. The first kappa shape index (κ1) is 20.1. The Morgan fingerprint density at radius 3 is 2.66 bits per heavy atom. The van der Waals surface area contributed by atoms with Crippen LogP contribution in [-0.4, -0.2) is 40.8 Å². The highest BCUT2D eigenvalue weighted by molar-refractivity contribution is 6.35. The van der Waals surface area contributed by atoms with E-state index in [1.807, 2.05) is 24.3 Å². The van der Waals surface area contributed by atoms with Crippen molar-refractivity contribution in [3.8, 4) is 0 Å². The number of hydrogen-bond acceptors (Lipinski definition) is 3. The van der Waals surface area contributed by atoms with Crippen molar-refractivity contribution in [2.24, 2.45) is 0 Å². The molecule has 0 radical (unpaired) electrons. The monoisotopic (exact) mass is 450 g/mol. The van der Waals surface area contributed by atoms with Gasteiger partial charge in [-0.2, -0.15) is 0 Å². The first-order valence-corrected chi connectivity index (χ1v) is 10.2. The summed E-state index contributed by atoms with van der Waals surface area (Å²) in [6, 6.07) is 11.4. The summed E-state index contributed by atoms with van der Waals surface area (Å²) >= 11 is 18.5. The number of nitrogens with zero attached hydrogens (tertiary/aromatic N) is 1. The number of methoxy groups -OCH3 is 1. The van der Waals surface area contributed by atoms with E-state index in [-0.39, 0.29) is 11.8 Å². The number of hydrogen-bond donors (Lipinski definition) is 1. The number of nitrogens with one attached hydrogen (secondary N) is 1. The van der Waals surface area contributed by atoms with E-state index >= 15 is 0 Å². The van der Waals surface area contributed by atoms with Crippen molar-refractivity contribution in [3.63, 3.8) is 0 Å². The Labute approximate surface area is 182 Å². The summed E-state index contributed by atoms with van der Waals surface area (Å²) in [5.41, 5.74) is 3.31. The van der Waals surface area contributed by atoms with Crippen LogP contribution in [0, 0.1) is 0 Å². The van der Waals surface area contributed by atoms with Crippen LogP contribution in [0.3, 0.4) is 0 Å². The molecule has 0 bridgehead atoms. The Bertz CT molecular complexity index is 1110. The van der Waals surface area contributed by atoms with Gasteiger partial charge >= 0.3 is 5.97 Å². The molecule has 3 aromatic rings. The summed E-state index contributed by atoms with van der Waals surface area (Å²) in [6.45, 7) is 0. The van der Waals surface area contributed by atoms with Crippen LogP contribution in [0.25, 0.3) is 10.9 Å². The molecular formula is C21H17Cl3N2O3. The Morgan fingerprint density at radius 2 is 1.97 bits per heavy atom. The van der Waals surface area contributed by atoms with Crippen LogP contribution < -0.4 is 0 Å². The van der Waals surface area contributed by atoms with Crippen LogP contribution in [0.15, 0.2) is 42.5 Å². The number of para-hydroxylation sites is 1. The van der Waals surface area contributed by atoms with Gasteiger partial charge in [-0.15, -0.1) is 11.6 Å². The quantitative estimate of drug-likeness (QED) is 0.462. The lowest BCUT2D eigenvalue weighted by atomic mass is 9.88. The van der Waals surface area contributed by atoms with Gasteiger partial charge in [-0.3, -0.25) is 4.79 Å². The number of amides is 1. The predicted octanol–water partition coefficient (Wildman–Crippen LogP) is 4.73. The molecule has 1 N–H and O–H groups in total. The summed E-state index contributed by atoms with van der Waals surface area (Å²) in [6.07, 6.45) is 0.316. The zero-order valence-electron chi connectivity index (χ0n) is 15.4. The largest absolute Gasteiger partial charge is 0.467 e. The fraction of sp³-hybridized carbons (Fsp3) is 0.238. The topological polar surface area (TPSA) is 62.4 Å². The second kappa shape index (κ2) is 7.90. The van der Waals surface area contributed by atoms with Crippen LogP contribution in [0.2, 0.25) is 10.0 Å². The maximum absolute atomic E-state index is 12.9. The third kappa shape index (κ3) is 3.37. The van der Waals surface area contributed by atoms with Gasteiger partial charge in [0.25, 0.3) is 0 Å². The van der Waals surface area contributed by atoms with Crippen LogP contribution in [0.1, 0.15) is 22.9 Å². The maximum Gasteiger partial charge on any atom is 0.328 e. The second-order valence-electron chi connectivity index (χ2n) is 6.81. The molecule has 0 saturated carbocycles. The molecule has 2 aromatic carbocycles. The highest BCUT2D eigenvalue weighted by Gasteiger charge is 2.44. The van der Waals surface area contributed by atoms with Crippen molar-refractivity contribution >= 4 is 57.6 Å². The van der Waals surface area contributed by atoms with Crippen molar-refractivity contribution in [1.29, 1.82) is 0 Å². The lowest BCUT2D eigenvalue weighted by molar-refractivity contribution is -0.154. The third-order valence-corrected chi connectivity index (χ3v) is 6.06. The molecule has 150 valence electrons. The van der Waals surface area contributed by atoms with Crippen LogP contribution in [0.5, 0.6) is 0 Å². The molecule has 0 fully saturated rings. The number of aromatic amines is 1. The number of H-pyrrole nitrogens is 1. The fourth-order valence-corrected chi connectivity index (χ4v) is 4.68. The number of rotatable bonds is 3. The summed E-state index contributed by atoms with van der Waals surface area (Å²) in [5, 5.41) is 1.86. The number of alkyl halides is 1. The minimum Gasteiger partial charge on any atom is -0.467 e. The van der Waals surface area contributed by atoms with Gasteiger partial charge in [0.05, 0.1) is 13.2 Å². The smallest absolute Gasteiger partial charge is 0.328 e. The number of fused-ring (bicyclic) bond motifs is 3. The summed E-state index contributed by atoms with van der Waals surface area (Å²) in [7, 11) is 1.31. The van der Waals surface area contributed by atoms with E-state index in [1.54, 1.807) is 18.2 Å². The van der Waals surface area contributed by atoms with Gasteiger partial charge in [0.1, 0.15) is 11.9 Å². The average molecular weight is 452 g/mol. The van der Waals surface area contributed by atoms with E-state index in [0.717, 1.165) is 22.2 Å². The van der Waals surface area contributed by atoms with Crippen molar-refractivity contribution < 1.29 is 14.3 Å². The standard InChI is InChI=1S/C21H17Cl3N2O3/c1-29-21(28)17-9-14-12-4-2-3-5-16(12)25-19(14)20(26(17)18(27)10-22)13-7-6-11(23)8-15(13)24/h2-8,17,20,25H,9-10H2,1H3. The lowest BCUT2D eigenvalue weighted by Gasteiger charge is -2.41. The number of carbonyl (C=O) groups excluding carboxylic acids is 2. The SMILES string of the molecule is COC(=O)C1Cc2c([nH]c3ccccc23)C(c2ccc(Cl)cc2Cl)N1C(=O)CCl. The molecule has 4 rings (SSSR count). The van der Waals surface area contributed by atoms with Crippen LogP contribution in [-0.2, 0) is 20.7 Å². The van der Waals surface area contributed by atoms with Crippen molar-refractivity contribution in [2.45, 2.75) is 18.5 Å². The molecule has 2 unspecified atom stereocenters. The van der Waals surface area contributed by atoms with E-state index < -0.39 is 18.1 Å². The Balaban J connectivity index is 2.01. The van der Waals surface area contributed by atoms with Crippen molar-refractivity contribution in [2.75, 3.05) is 13.0 Å². The molecule has 5 nitrogen and oxygen atoms in total. The fourth-order valence-electron chi connectivity index (χ4n) is 4.03. The molecule has 1 aliphatic heterocycles.